The molecule has 0 saturated heterocycles. The van der Waals surface area contributed by atoms with Crippen LogP contribution in [0.25, 0.3) is 0 Å². The third kappa shape index (κ3) is 4.62. The van der Waals surface area contributed by atoms with Gasteiger partial charge in [0.05, 0.1) is 0 Å². The van der Waals surface area contributed by atoms with Crippen LogP contribution in [0.15, 0.2) is 0 Å². The fourth-order valence-corrected chi connectivity index (χ4v) is 0. The minimum atomic E-state index is 0.361. The monoisotopic (exact) mass is 124 g/mol. The Labute approximate surface area is 47.1 Å². The Balaban J connectivity index is 2.85. The van der Waals surface area contributed by atoms with Gasteiger partial charge in [0.2, 0.25) is 0 Å². The quantitative estimate of drug-likeness (QED) is 0.324. The van der Waals surface area contributed by atoms with E-state index in [1.54, 1.807) is 0 Å². The van der Waals surface area contributed by atoms with Crippen LogP contribution in [0.1, 0.15) is 0 Å². The first-order chi connectivity index (χ1) is 2.27. The lowest BCUT2D eigenvalue weighted by atomic mass is 11.5. The smallest absolute Gasteiger partial charge is 0.0183 e. The topological polar surface area (TPSA) is 16.6 Å². The molecule has 0 saturated carbocycles. The summed E-state index contributed by atoms with van der Waals surface area (Å²) in [5.41, 5.74) is 0. The van der Waals surface area contributed by atoms with Crippen LogP contribution in [0.5, 0.6) is 0 Å². The van der Waals surface area contributed by atoms with Crippen molar-refractivity contribution < 1.29 is 4.72 Å². The van der Waals surface area contributed by atoms with Crippen LogP contribution in [0.2, 0.25) is 0 Å². The molecule has 0 rings (SSSR count). The Morgan fingerprint density at radius 1 is 1.80 bits per heavy atom. The molecule has 0 fully saturated rings. The SMILES string of the molecule is S=C([S-])[NH2+][S-]. The second kappa shape index (κ2) is 2.84. The lowest BCUT2D eigenvalue weighted by Crippen LogP contribution is -2.80. The molecule has 2 N–H and O–H groups in total. The van der Waals surface area contributed by atoms with Crippen molar-refractivity contribution >= 4 is 42.0 Å². The number of nitrogens with two attached hydrogens (primary N) is 1. The Bertz CT molecular complexity index is 42.2. The van der Waals surface area contributed by atoms with Crippen molar-refractivity contribution in [1.29, 1.82) is 0 Å². The van der Waals surface area contributed by atoms with Crippen molar-refractivity contribution in [3.63, 3.8) is 0 Å². The van der Waals surface area contributed by atoms with Gasteiger partial charge >= 0.3 is 0 Å². The van der Waals surface area contributed by atoms with Crippen molar-refractivity contribution in [2.24, 2.45) is 0 Å². The molecule has 0 aliphatic rings. The van der Waals surface area contributed by atoms with E-state index < -0.39 is 0 Å². The zero-order valence-corrected chi connectivity index (χ0v) is 4.75. The summed E-state index contributed by atoms with van der Waals surface area (Å²) in [5, 5.41) is 0. The van der Waals surface area contributed by atoms with E-state index in [9.17, 15) is 0 Å². The predicted octanol–water partition coefficient (Wildman–Crippen LogP) is -1.16. The van der Waals surface area contributed by atoms with Gasteiger partial charge in [-0.1, -0.05) is 0 Å². The van der Waals surface area contributed by atoms with Crippen molar-refractivity contribution in [3.8, 4) is 0 Å². The summed E-state index contributed by atoms with van der Waals surface area (Å²) in [5.74, 6) is 0. The number of hydrogen-bond acceptors (Lipinski definition) is 3. The van der Waals surface area contributed by atoms with Crippen molar-refractivity contribution in [2.45, 2.75) is 0 Å². The van der Waals surface area contributed by atoms with E-state index in [0.717, 1.165) is 0 Å². The Morgan fingerprint density at radius 3 is 2.00 bits per heavy atom. The van der Waals surface area contributed by atoms with Gasteiger partial charge in [-0.3, -0.25) is 0 Å². The molecule has 0 aromatic heterocycles. The summed E-state index contributed by atoms with van der Waals surface area (Å²) in [7, 11) is 0. The largest absolute Gasteiger partial charge is 0.493 e. The van der Waals surface area contributed by atoms with Crippen molar-refractivity contribution in [3.05, 3.63) is 0 Å². The Morgan fingerprint density at radius 2 is 2.00 bits per heavy atom. The molecule has 5 heavy (non-hydrogen) atoms. The standard InChI is InChI=1S/CH3NS3/c3-1(4)2-5/h2H2,(H,3,4)/p-1. The second-order valence-corrected chi connectivity index (χ2v) is 1.81. The molecular formula is CH2NS3-. The summed E-state index contributed by atoms with van der Waals surface area (Å²) in [4.78, 5) is 0. The van der Waals surface area contributed by atoms with Crippen LogP contribution in [0.4, 0.5) is 0 Å². The van der Waals surface area contributed by atoms with Crippen molar-refractivity contribution in [2.75, 3.05) is 0 Å². The lowest BCUT2D eigenvalue weighted by Gasteiger charge is -2.01. The zero-order chi connectivity index (χ0) is 4.28. The van der Waals surface area contributed by atoms with E-state index in [0.29, 0.717) is 4.32 Å². The highest BCUT2D eigenvalue weighted by atomic mass is 32.1. The van der Waals surface area contributed by atoms with Crippen LogP contribution in [0, 0.1) is 0 Å². The van der Waals surface area contributed by atoms with E-state index in [1.165, 1.54) is 4.72 Å². The average molecular weight is 124 g/mol. The third-order valence-electron chi connectivity index (χ3n) is 0.0962. The van der Waals surface area contributed by atoms with Crippen LogP contribution in [-0.4, -0.2) is 4.32 Å². The molecule has 0 atom stereocenters. The fraction of sp³-hybridized carbons (Fsp3) is 0. The lowest BCUT2D eigenvalue weighted by molar-refractivity contribution is -0.325. The first-order valence-electron chi connectivity index (χ1n) is 0.933. The van der Waals surface area contributed by atoms with Gasteiger partial charge in [0.25, 0.3) is 0 Å². The predicted molar refractivity (Wildman–Crippen MR) is 29.3 cm³/mol. The molecule has 0 heterocycles. The number of thiocarbonyl (C=S) groups is 1. The van der Waals surface area contributed by atoms with E-state index >= 15 is 0 Å². The Kier molecular flexibility index (Phi) is 3.19. The molecule has 0 aromatic rings. The molecule has 0 aliphatic carbocycles. The van der Waals surface area contributed by atoms with E-state index in [4.69, 9.17) is 0 Å². The van der Waals surface area contributed by atoms with Gasteiger partial charge in [-0.2, -0.15) is 0 Å². The number of hydrogen-bond donors (Lipinski definition) is 1. The number of quaternary nitrogens is 1. The molecular weight excluding hydrogens is 122 g/mol. The zero-order valence-electron chi connectivity index (χ0n) is 2.30. The highest BCUT2D eigenvalue weighted by Crippen LogP contribution is 1.43. The molecule has 0 unspecified atom stereocenters. The first-order valence-corrected chi connectivity index (χ1v) is 2.22. The van der Waals surface area contributed by atoms with Gasteiger partial charge in [-0.25, -0.2) is 0 Å². The van der Waals surface area contributed by atoms with Gasteiger partial charge in [0.1, 0.15) is 0 Å². The molecule has 0 bridgehead atoms. The molecule has 1 nitrogen and oxygen atoms in total. The van der Waals surface area contributed by atoms with Gasteiger partial charge in [0.15, 0.2) is 0 Å². The van der Waals surface area contributed by atoms with Crippen LogP contribution >= 0.6 is 12.2 Å². The van der Waals surface area contributed by atoms with Gasteiger partial charge in [-0.15, -0.1) is 0 Å². The van der Waals surface area contributed by atoms with E-state index in [1.807, 2.05) is 0 Å². The van der Waals surface area contributed by atoms with E-state index in [-0.39, 0.29) is 0 Å². The summed E-state index contributed by atoms with van der Waals surface area (Å²) in [6.45, 7) is 0. The molecule has 30 valence electrons. The van der Waals surface area contributed by atoms with Crippen LogP contribution in [0.3, 0.4) is 0 Å². The normalized spacial score (nSPS) is 7.40. The Hall–Kier alpha value is 0.620. The maximum absolute atomic E-state index is 4.35. The van der Waals surface area contributed by atoms with Gasteiger partial charge in [0, 0.05) is 4.32 Å². The molecule has 0 spiro atoms. The van der Waals surface area contributed by atoms with Crippen LogP contribution < -0.4 is 4.72 Å². The fourth-order valence-electron chi connectivity index (χ4n) is 0. The minimum Gasteiger partial charge on any atom is -0.493 e. The first kappa shape index (κ1) is 5.62. The van der Waals surface area contributed by atoms with Gasteiger partial charge < -0.3 is 42.4 Å². The van der Waals surface area contributed by atoms with Crippen LogP contribution in [-0.2, 0) is 25.4 Å². The van der Waals surface area contributed by atoms with Crippen molar-refractivity contribution in [1.82, 2.24) is 0 Å². The summed E-state index contributed by atoms with van der Waals surface area (Å²) < 4.78 is 1.66. The molecule has 0 aromatic carbocycles. The van der Waals surface area contributed by atoms with Gasteiger partial charge in [-0.05, 0) is 0 Å². The highest BCUT2D eigenvalue weighted by Gasteiger charge is 1.51. The minimum absolute atomic E-state index is 0.361. The molecule has 0 radical (unpaired) electrons. The third-order valence-corrected chi connectivity index (χ3v) is 0.866. The average Bonchev–Trinajstić information content (AvgIpc) is 1.38. The summed E-state index contributed by atoms with van der Waals surface area (Å²) in [6, 6.07) is 0. The summed E-state index contributed by atoms with van der Waals surface area (Å²) >= 11 is 13.0. The molecule has 0 amide bonds. The maximum Gasteiger partial charge on any atom is 0.0183 e. The van der Waals surface area contributed by atoms with E-state index in [2.05, 4.69) is 37.7 Å². The second-order valence-electron chi connectivity index (χ2n) is 0.437. The summed E-state index contributed by atoms with van der Waals surface area (Å²) in [6.07, 6.45) is 0. The number of rotatable bonds is 0. The molecule has 0 aliphatic heterocycles. The molecule has 4 heteroatoms. The highest BCUT2D eigenvalue weighted by molar-refractivity contribution is 8.00. The maximum atomic E-state index is 4.35.